The highest BCUT2D eigenvalue weighted by molar-refractivity contribution is 7.22. The molecule has 5 rings (SSSR count). The molecule has 0 amide bonds. The molecule has 0 saturated heterocycles. The molecule has 0 spiro atoms. The Hall–Kier alpha value is -3.25. The van der Waals surface area contributed by atoms with Crippen LogP contribution >= 0.6 is 22.9 Å². The second-order valence-electron chi connectivity index (χ2n) is 7.57. The first kappa shape index (κ1) is 21.6. The molecule has 13 heteroatoms. The van der Waals surface area contributed by atoms with Crippen LogP contribution in [0, 0.1) is 0 Å². The predicted octanol–water partition coefficient (Wildman–Crippen LogP) is 5.00. The number of hydrogen-bond donors (Lipinski definition) is 0. The number of pyridine rings is 1. The predicted molar refractivity (Wildman–Crippen MR) is 116 cm³/mol. The van der Waals surface area contributed by atoms with Crippen molar-refractivity contribution in [3.8, 4) is 11.5 Å². The lowest BCUT2D eigenvalue weighted by molar-refractivity contribution is -0.141. The molecule has 0 unspecified atom stereocenters. The minimum Gasteiger partial charge on any atom is -0.419 e. The van der Waals surface area contributed by atoms with E-state index in [4.69, 9.17) is 16.0 Å². The molecule has 8 nitrogen and oxygen atoms in total. The van der Waals surface area contributed by atoms with Gasteiger partial charge in [-0.3, -0.25) is 14.2 Å². The normalized spacial score (nSPS) is 12.5. The topological polar surface area (TPSA) is 91.1 Å². The summed E-state index contributed by atoms with van der Waals surface area (Å²) in [6, 6.07) is 5.59. The number of nitrogens with zero attached hydrogens (tertiary/aromatic N) is 6. The zero-order valence-corrected chi connectivity index (χ0v) is 18.7. The molecule has 33 heavy (non-hydrogen) atoms. The van der Waals surface area contributed by atoms with Crippen molar-refractivity contribution in [3.05, 3.63) is 62.6 Å². The first-order valence-electron chi connectivity index (χ1n) is 9.69. The molecular weight excluding hydrogens is 481 g/mol. The van der Waals surface area contributed by atoms with Crippen molar-refractivity contribution in [3.63, 3.8) is 0 Å². The van der Waals surface area contributed by atoms with Crippen molar-refractivity contribution in [2.45, 2.75) is 32.5 Å². The molecule has 0 radical (unpaired) electrons. The van der Waals surface area contributed by atoms with Gasteiger partial charge in [0.15, 0.2) is 0 Å². The van der Waals surface area contributed by atoms with E-state index in [1.54, 1.807) is 16.5 Å². The lowest BCUT2D eigenvalue weighted by Gasteiger charge is -2.12. The summed E-state index contributed by atoms with van der Waals surface area (Å²) in [6.45, 7) is 3.81. The molecule has 0 aromatic carbocycles. The molecule has 0 aliphatic heterocycles. The monoisotopic (exact) mass is 494 g/mol. The second-order valence-corrected chi connectivity index (χ2v) is 9.29. The third-order valence-electron chi connectivity index (χ3n) is 4.93. The fourth-order valence-electron chi connectivity index (χ4n) is 3.44. The van der Waals surface area contributed by atoms with Crippen LogP contribution in [0.5, 0.6) is 0 Å². The van der Waals surface area contributed by atoms with Gasteiger partial charge in [0.1, 0.15) is 23.6 Å². The third-order valence-corrected chi connectivity index (χ3v) is 6.14. The van der Waals surface area contributed by atoms with Crippen LogP contribution in [0.1, 0.15) is 37.2 Å². The van der Waals surface area contributed by atoms with Crippen LogP contribution in [0.25, 0.3) is 27.2 Å². The van der Waals surface area contributed by atoms with Crippen LogP contribution < -0.4 is 5.56 Å². The molecule has 0 bridgehead atoms. The highest BCUT2D eigenvalue weighted by Crippen LogP contribution is 2.33. The van der Waals surface area contributed by atoms with E-state index >= 15 is 0 Å². The van der Waals surface area contributed by atoms with E-state index in [0.717, 1.165) is 22.5 Å². The van der Waals surface area contributed by atoms with Gasteiger partial charge < -0.3 is 4.42 Å². The number of rotatable bonds is 4. The molecule has 170 valence electrons. The molecule has 0 aliphatic carbocycles. The first-order chi connectivity index (χ1) is 15.6. The van der Waals surface area contributed by atoms with E-state index in [2.05, 4.69) is 20.3 Å². The number of alkyl halides is 3. The lowest BCUT2D eigenvalue weighted by atomic mass is 10.2. The molecular formula is C20H14ClF3N6O2S. The van der Waals surface area contributed by atoms with Gasteiger partial charge in [-0.05, 0) is 24.3 Å². The minimum atomic E-state index is -4.54. The number of fused-ring (bicyclic) bond motifs is 3. The Morgan fingerprint density at radius 1 is 1.18 bits per heavy atom. The summed E-state index contributed by atoms with van der Waals surface area (Å²) in [5.74, 6) is 0.711. The number of thiophene rings is 1. The Morgan fingerprint density at radius 3 is 2.64 bits per heavy atom. The van der Waals surface area contributed by atoms with Crippen molar-refractivity contribution in [2.24, 2.45) is 0 Å². The highest BCUT2D eigenvalue weighted by atomic mass is 35.5. The van der Waals surface area contributed by atoms with Gasteiger partial charge in [0.05, 0.1) is 20.1 Å². The standard InChI is InChI=1S/C20H14ClF3N6O2S/c1-9(2)17-28-29(19(31)12-5-13-11(30(12)17)6-15(21)33-13)8-16-26-27-18(32-16)10-3-4-14(25-7-10)20(22,23)24/h3-7,9H,8H2,1-2H3. The summed E-state index contributed by atoms with van der Waals surface area (Å²) in [6.07, 6.45) is -3.54. The Morgan fingerprint density at radius 2 is 1.97 bits per heavy atom. The average Bonchev–Trinajstić information content (AvgIpc) is 3.44. The van der Waals surface area contributed by atoms with Crippen molar-refractivity contribution in [1.82, 2.24) is 29.4 Å². The van der Waals surface area contributed by atoms with Crippen molar-refractivity contribution in [1.29, 1.82) is 0 Å². The SMILES string of the molecule is CC(C)c1nn(Cc2nnc(-c3ccc(C(F)(F)F)nc3)o2)c(=O)c2cc3sc(Cl)cc3n12. The van der Waals surface area contributed by atoms with E-state index in [9.17, 15) is 18.0 Å². The van der Waals surface area contributed by atoms with E-state index < -0.39 is 11.9 Å². The van der Waals surface area contributed by atoms with Gasteiger partial charge in [-0.1, -0.05) is 25.4 Å². The Labute approximate surface area is 192 Å². The maximum absolute atomic E-state index is 13.1. The van der Waals surface area contributed by atoms with Gasteiger partial charge in [-0.15, -0.1) is 21.5 Å². The quantitative estimate of drug-likeness (QED) is 0.349. The van der Waals surface area contributed by atoms with Gasteiger partial charge in [-0.25, -0.2) is 4.68 Å². The maximum Gasteiger partial charge on any atom is 0.433 e. The van der Waals surface area contributed by atoms with Gasteiger partial charge >= 0.3 is 6.18 Å². The second kappa shape index (κ2) is 7.66. The summed E-state index contributed by atoms with van der Waals surface area (Å²) >= 11 is 7.50. The molecule has 0 atom stereocenters. The minimum absolute atomic E-state index is 0.00917. The fraction of sp³-hybridized carbons (Fsp3) is 0.250. The van der Waals surface area contributed by atoms with Crippen molar-refractivity contribution in [2.75, 3.05) is 0 Å². The number of hydrogen-bond acceptors (Lipinski definition) is 7. The van der Waals surface area contributed by atoms with Gasteiger partial charge in [0.25, 0.3) is 5.56 Å². The molecule has 5 heterocycles. The Balaban J connectivity index is 1.52. The fourth-order valence-corrected chi connectivity index (χ4v) is 4.60. The molecule has 0 N–H and O–H groups in total. The lowest BCUT2D eigenvalue weighted by Crippen LogP contribution is -2.28. The molecule has 5 aromatic rings. The molecule has 0 fully saturated rings. The Kier molecular flexibility index (Phi) is 5.01. The largest absolute Gasteiger partial charge is 0.433 e. The van der Waals surface area contributed by atoms with Crippen LogP contribution in [0.2, 0.25) is 4.34 Å². The summed E-state index contributed by atoms with van der Waals surface area (Å²) in [5, 5.41) is 12.3. The molecule has 0 saturated carbocycles. The van der Waals surface area contributed by atoms with E-state index in [0.29, 0.717) is 15.7 Å². The van der Waals surface area contributed by atoms with Gasteiger partial charge in [0.2, 0.25) is 11.8 Å². The van der Waals surface area contributed by atoms with E-state index in [1.807, 2.05) is 13.8 Å². The van der Waals surface area contributed by atoms with E-state index in [1.165, 1.54) is 22.1 Å². The smallest absolute Gasteiger partial charge is 0.419 e. The van der Waals surface area contributed by atoms with Crippen molar-refractivity contribution < 1.29 is 17.6 Å². The molecule has 0 aliphatic rings. The van der Waals surface area contributed by atoms with Crippen molar-refractivity contribution >= 4 is 38.7 Å². The number of halogens is 4. The summed E-state index contributed by atoms with van der Waals surface area (Å²) in [5.41, 5.74) is 0.109. The Bertz CT molecular complexity index is 1550. The van der Waals surface area contributed by atoms with Gasteiger partial charge in [0, 0.05) is 12.1 Å². The van der Waals surface area contributed by atoms with E-state index in [-0.39, 0.29) is 35.4 Å². The zero-order valence-electron chi connectivity index (χ0n) is 17.1. The first-order valence-corrected chi connectivity index (χ1v) is 10.9. The highest BCUT2D eigenvalue weighted by Gasteiger charge is 2.32. The van der Waals surface area contributed by atoms with Crippen LogP contribution in [-0.2, 0) is 12.7 Å². The molecule has 5 aromatic heterocycles. The maximum atomic E-state index is 13.1. The summed E-state index contributed by atoms with van der Waals surface area (Å²) < 4.78 is 48.2. The van der Waals surface area contributed by atoms with Crippen LogP contribution in [0.15, 0.2) is 39.7 Å². The van der Waals surface area contributed by atoms with Gasteiger partial charge in [-0.2, -0.15) is 18.3 Å². The van der Waals surface area contributed by atoms with Crippen LogP contribution in [0.3, 0.4) is 0 Å². The van der Waals surface area contributed by atoms with Crippen LogP contribution in [-0.4, -0.2) is 29.4 Å². The number of aromatic nitrogens is 6. The zero-order chi connectivity index (χ0) is 23.5. The summed E-state index contributed by atoms with van der Waals surface area (Å²) in [7, 11) is 0. The average molecular weight is 495 g/mol. The summed E-state index contributed by atoms with van der Waals surface area (Å²) in [4.78, 5) is 16.5. The third kappa shape index (κ3) is 3.78. The van der Waals surface area contributed by atoms with Crippen LogP contribution in [0.4, 0.5) is 13.2 Å².